The van der Waals surface area contributed by atoms with Crippen molar-refractivity contribution in [2.45, 2.75) is 50.6 Å². The van der Waals surface area contributed by atoms with Crippen LogP contribution in [0.15, 0.2) is 72.8 Å². The highest BCUT2D eigenvalue weighted by Crippen LogP contribution is 2.45. The molecule has 0 saturated carbocycles. The molecule has 4 aromatic rings. The summed E-state index contributed by atoms with van der Waals surface area (Å²) in [6.45, 7) is 4.40. The predicted octanol–water partition coefficient (Wildman–Crippen LogP) is 1.80. The number of unbranched alkanes of at least 4 members (excludes halogenated alkanes) is 1. The van der Waals surface area contributed by atoms with E-state index in [1.54, 1.807) is 42.7 Å². The maximum absolute atomic E-state index is 5.82. The summed E-state index contributed by atoms with van der Waals surface area (Å²) in [7, 11) is 15.3. The van der Waals surface area contributed by atoms with Crippen LogP contribution in [-0.4, -0.2) is 91.9 Å². The topological polar surface area (TPSA) is 55.4 Å². The van der Waals surface area contributed by atoms with Crippen molar-refractivity contribution in [3.63, 3.8) is 0 Å². The van der Waals surface area contributed by atoms with Crippen LogP contribution in [0.3, 0.4) is 0 Å². The third-order valence-corrected chi connectivity index (χ3v) is 12.1. The van der Waals surface area contributed by atoms with Crippen LogP contribution >= 0.6 is 0 Å². The summed E-state index contributed by atoms with van der Waals surface area (Å²) >= 11 is 0. The van der Waals surface area contributed by atoms with Gasteiger partial charge in [-0.25, -0.2) is 0 Å². The van der Waals surface area contributed by atoms with E-state index in [9.17, 15) is 0 Å². The number of hydrogen-bond acceptors (Lipinski definition) is 6. The number of hydrogen-bond donors (Lipinski definition) is 0. The number of methoxy groups -OCH3 is 6. The van der Waals surface area contributed by atoms with E-state index in [1.165, 1.54) is 33.4 Å². The lowest BCUT2D eigenvalue weighted by Crippen LogP contribution is -3.00. The highest BCUT2D eigenvalue weighted by atomic mass is 127. The molecule has 2 aliphatic heterocycles. The first-order valence-electron chi connectivity index (χ1n) is 18.6. The van der Waals surface area contributed by atoms with Crippen LogP contribution in [0.1, 0.15) is 58.3 Å². The minimum Gasteiger partial charge on any atom is -1.00 e. The summed E-state index contributed by atoms with van der Waals surface area (Å²) in [5.74, 6) is 4.98. The van der Waals surface area contributed by atoms with Crippen molar-refractivity contribution >= 4 is 0 Å². The second-order valence-electron chi connectivity index (χ2n) is 15.0. The zero-order chi connectivity index (χ0) is 36.9. The summed E-state index contributed by atoms with van der Waals surface area (Å²) in [5, 5.41) is 0. The monoisotopic (exact) mass is 964 g/mol. The van der Waals surface area contributed by atoms with Gasteiger partial charge in [0.05, 0.1) is 82.9 Å². The average molecular weight is 965 g/mol. The number of quaternary nitrogens is 2. The molecule has 6 rings (SSSR count). The van der Waals surface area contributed by atoms with Crippen molar-refractivity contribution in [1.82, 2.24) is 0 Å². The maximum Gasteiger partial charge on any atom is 0.161 e. The molecule has 2 aliphatic rings. The molecular formula is C44H58I2N2O6. The molecule has 0 radical (unpaired) electrons. The summed E-state index contributed by atoms with van der Waals surface area (Å²) < 4.78 is 36.0. The Bertz CT molecular complexity index is 1690. The Kier molecular flexibility index (Phi) is 15.6. The van der Waals surface area contributed by atoms with Gasteiger partial charge in [-0.1, -0.05) is 24.3 Å². The molecule has 0 fully saturated rings. The molecule has 4 atom stereocenters. The number of benzene rings is 4. The van der Waals surface area contributed by atoms with Gasteiger partial charge in [0.2, 0.25) is 0 Å². The molecule has 4 aromatic carbocycles. The average Bonchev–Trinajstić information content (AvgIpc) is 3.18. The zero-order valence-corrected chi connectivity index (χ0v) is 37.6. The van der Waals surface area contributed by atoms with Gasteiger partial charge in [-0.05, 0) is 70.8 Å². The van der Waals surface area contributed by atoms with Crippen LogP contribution in [0.2, 0.25) is 0 Å². The Labute approximate surface area is 357 Å². The van der Waals surface area contributed by atoms with E-state index in [0.717, 1.165) is 108 Å². The molecule has 2 heterocycles. The Hall–Kier alpha value is -2.94. The van der Waals surface area contributed by atoms with Gasteiger partial charge >= 0.3 is 0 Å². The molecule has 0 saturated heterocycles. The van der Waals surface area contributed by atoms with Crippen LogP contribution in [0.25, 0.3) is 0 Å². The van der Waals surface area contributed by atoms with E-state index < -0.39 is 0 Å². The molecule has 10 heteroatoms. The fourth-order valence-corrected chi connectivity index (χ4v) is 8.77. The zero-order valence-electron chi connectivity index (χ0n) is 33.3. The lowest BCUT2D eigenvalue weighted by Gasteiger charge is -2.47. The number of nitrogens with zero attached hydrogens (tertiary/aromatic N) is 2. The second-order valence-corrected chi connectivity index (χ2v) is 15.0. The fourth-order valence-electron chi connectivity index (χ4n) is 8.77. The second kappa shape index (κ2) is 19.3. The number of fused-ring (bicyclic) bond motifs is 2. The SMILES string of the molecule is COc1ccc(CC2c3cc(OC)c(OC)cc3CC[N+]2(C)CCCC[N+]2(C)CCc3cc(OC)c(OC)cc3C2Cc2ccc(OC)cc2)cc1.[I-].[I-]. The molecule has 8 nitrogen and oxygen atoms in total. The molecule has 0 aliphatic carbocycles. The van der Waals surface area contributed by atoms with Crippen molar-refractivity contribution in [1.29, 1.82) is 0 Å². The standard InChI is InChI=1S/C44H58N2O6.2HI/c1-45(23-19-33-27-41(49-5)43(51-7)29-37(33)39(45)25-31-11-15-35(47-3)16-12-31)21-9-10-22-46(2)24-20-34-28-42(50-6)44(52-8)30-38(34)40(46)26-32-13-17-36(48-4)18-14-32;;/h11-18,27-30,39-40H,9-10,19-26H2,1-8H3;2*1H/q+2;;/p-2. The summed E-state index contributed by atoms with van der Waals surface area (Å²) in [6, 6.07) is 26.6. The maximum atomic E-state index is 5.82. The van der Waals surface area contributed by atoms with E-state index in [1.807, 2.05) is 0 Å². The largest absolute Gasteiger partial charge is 1.00 e. The lowest BCUT2D eigenvalue weighted by molar-refractivity contribution is -0.947. The van der Waals surface area contributed by atoms with Gasteiger partial charge < -0.3 is 85.3 Å². The fraction of sp³-hybridized carbons (Fsp3) is 0.455. The Morgan fingerprint density at radius 2 is 0.815 bits per heavy atom. The molecule has 0 spiro atoms. The summed E-state index contributed by atoms with van der Waals surface area (Å²) in [4.78, 5) is 0. The van der Waals surface area contributed by atoms with Gasteiger partial charge in [0, 0.05) is 49.7 Å². The van der Waals surface area contributed by atoms with Crippen molar-refractivity contribution in [2.24, 2.45) is 0 Å². The highest BCUT2D eigenvalue weighted by Gasteiger charge is 2.42. The normalized spacial score (nSPS) is 21.3. The van der Waals surface area contributed by atoms with E-state index in [0.29, 0.717) is 12.1 Å². The summed E-state index contributed by atoms with van der Waals surface area (Å²) in [5.41, 5.74) is 8.11. The van der Waals surface area contributed by atoms with Crippen molar-refractivity contribution in [3.8, 4) is 34.5 Å². The van der Waals surface area contributed by atoms with Crippen LogP contribution in [0, 0.1) is 0 Å². The molecule has 0 amide bonds. The van der Waals surface area contributed by atoms with Crippen molar-refractivity contribution < 1.29 is 85.3 Å². The molecule has 0 bridgehead atoms. The van der Waals surface area contributed by atoms with Gasteiger partial charge in [0.1, 0.15) is 23.6 Å². The Morgan fingerprint density at radius 1 is 0.481 bits per heavy atom. The van der Waals surface area contributed by atoms with E-state index in [4.69, 9.17) is 28.4 Å². The Morgan fingerprint density at radius 3 is 1.13 bits per heavy atom. The quantitative estimate of drug-likeness (QED) is 0.103. The van der Waals surface area contributed by atoms with Gasteiger partial charge in [-0.2, -0.15) is 0 Å². The first-order chi connectivity index (χ1) is 25.2. The number of likely N-dealkylation sites (N-methyl/N-ethyl adjacent to an activating group) is 2. The molecule has 294 valence electrons. The van der Waals surface area contributed by atoms with Gasteiger partial charge in [0.15, 0.2) is 23.0 Å². The summed E-state index contributed by atoms with van der Waals surface area (Å²) in [6.07, 6.45) is 6.24. The number of rotatable bonds is 15. The van der Waals surface area contributed by atoms with Crippen molar-refractivity contribution in [2.75, 3.05) is 82.9 Å². The van der Waals surface area contributed by atoms with E-state index in [-0.39, 0.29) is 48.0 Å². The third kappa shape index (κ3) is 9.35. The van der Waals surface area contributed by atoms with Gasteiger partial charge in [-0.15, -0.1) is 0 Å². The molecule has 0 N–H and O–H groups in total. The predicted molar refractivity (Wildman–Crippen MR) is 206 cm³/mol. The van der Waals surface area contributed by atoms with Crippen LogP contribution < -0.4 is 76.4 Å². The van der Waals surface area contributed by atoms with Gasteiger partial charge in [-0.3, -0.25) is 0 Å². The van der Waals surface area contributed by atoms with E-state index in [2.05, 4.69) is 86.9 Å². The lowest BCUT2D eigenvalue weighted by atomic mass is 9.85. The number of halogens is 2. The van der Waals surface area contributed by atoms with Crippen LogP contribution in [0.4, 0.5) is 0 Å². The number of ether oxygens (including phenoxy) is 6. The van der Waals surface area contributed by atoms with Crippen LogP contribution in [0.5, 0.6) is 34.5 Å². The first kappa shape index (κ1) is 43.8. The molecule has 54 heavy (non-hydrogen) atoms. The van der Waals surface area contributed by atoms with E-state index >= 15 is 0 Å². The highest BCUT2D eigenvalue weighted by molar-refractivity contribution is 5.50. The first-order valence-corrected chi connectivity index (χ1v) is 18.6. The van der Waals surface area contributed by atoms with Crippen LogP contribution in [-0.2, 0) is 25.7 Å². The Balaban J connectivity index is 0.00000325. The van der Waals surface area contributed by atoms with Gasteiger partial charge in [0.25, 0.3) is 0 Å². The molecular weight excluding hydrogens is 906 g/mol. The molecule has 0 aromatic heterocycles. The minimum atomic E-state index is 0. The minimum absolute atomic E-state index is 0. The third-order valence-electron chi connectivity index (χ3n) is 12.1. The smallest absolute Gasteiger partial charge is 0.161 e. The van der Waals surface area contributed by atoms with Crippen molar-refractivity contribution in [3.05, 3.63) is 106 Å². The molecule has 4 unspecified atom stereocenters.